The Hall–Kier alpha value is -0.120. The molecule has 114 valence electrons. The van der Waals surface area contributed by atoms with Crippen molar-refractivity contribution in [2.24, 2.45) is 28.6 Å². The predicted molar refractivity (Wildman–Crippen MR) is 76.0 cm³/mol. The Morgan fingerprint density at radius 3 is 2.50 bits per heavy atom. The standard InChI is InChI=1S/C17H28O3/c1-10-6-7-11-15(2,3)12-8-17(10,11)9-13-16(12,4)20-14(18-5)19-13/h10-14H,6-9H2,1-5H3/t10-,11+,12-,13+,14-,16-,17-/m1/s1. The Kier molecular flexibility index (Phi) is 2.57. The van der Waals surface area contributed by atoms with Gasteiger partial charge in [0.05, 0.1) is 6.10 Å². The Bertz CT molecular complexity index is 434. The normalized spacial score (nSPS) is 59.5. The Morgan fingerprint density at radius 1 is 1.05 bits per heavy atom. The SMILES string of the molecule is CO[C@@H]1O[C@H]2C[C@@]34C[C@H](C(C)(C)[C@@H]3CC[C@H]4C)[C@@]2(C)O1. The van der Waals surface area contributed by atoms with Gasteiger partial charge in [-0.2, -0.15) is 0 Å². The van der Waals surface area contributed by atoms with Gasteiger partial charge in [0.1, 0.15) is 5.60 Å². The topological polar surface area (TPSA) is 27.7 Å². The van der Waals surface area contributed by atoms with Crippen LogP contribution >= 0.6 is 0 Å². The lowest BCUT2D eigenvalue weighted by atomic mass is 9.63. The van der Waals surface area contributed by atoms with Crippen LogP contribution in [0.2, 0.25) is 0 Å². The second-order valence-corrected chi connectivity index (χ2v) is 8.50. The van der Waals surface area contributed by atoms with Crippen LogP contribution in [-0.2, 0) is 14.2 Å². The number of ether oxygens (including phenoxy) is 3. The van der Waals surface area contributed by atoms with E-state index >= 15 is 0 Å². The van der Waals surface area contributed by atoms with Crippen LogP contribution in [0.25, 0.3) is 0 Å². The van der Waals surface area contributed by atoms with E-state index in [0.29, 0.717) is 16.7 Å². The van der Waals surface area contributed by atoms with Gasteiger partial charge in [0.15, 0.2) is 0 Å². The summed E-state index contributed by atoms with van der Waals surface area (Å²) in [6, 6.07) is 0. The van der Waals surface area contributed by atoms with Crippen LogP contribution in [0.3, 0.4) is 0 Å². The fourth-order valence-corrected chi connectivity index (χ4v) is 6.63. The van der Waals surface area contributed by atoms with E-state index in [2.05, 4.69) is 27.7 Å². The summed E-state index contributed by atoms with van der Waals surface area (Å²) >= 11 is 0. The van der Waals surface area contributed by atoms with E-state index in [1.807, 2.05) is 0 Å². The van der Waals surface area contributed by atoms with E-state index in [4.69, 9.17) is 14.2 Å². The lowest BCUT2D eigenvalue weighted by Gasteiger charge is -2.46. The van der Waals surface area contributed by atoms with Crippen LogP contribution < -0.4 is 0 Å². The van der Waals surface area contributed by atoms with Crippen LogP contribution in [-0.4, -0.2) is 25.3 Å². The summed E-state index contributed by atoms with van der Waals surface area (Å²) in [6.07, 6.45) is 5.46. The molecular formula is C17H28O3. The molecule has 0 N–H and O–H groups in total. The van der Waals surface area contributed by atoms with Gasteiger partial charge >= 0.3 is 0 Å². The van der Waals surface area contributed by atoms with Gasteiger partial charge in [-0.05, 0) is 61.2 Å². The molecule has 1 spiro atoms. The minimum absolute atomic E-state index is 0.167. The molecule has 4 fully saturated rings. The molecule has 0 unspecified atom stereocenters. The van der Waals surface area contributed by atoms with Crippen molar-refractivity contribution < 1.29 is 14.2 Å². The van der Waals surface area contributed by atoms with E-state index in [1.165, 1.54) is 19.3 Å². The van der Waals surface area contributed by atoms with Crippen molar-refractivity contribution in [3.63, 3.8) is 0 Å². The molecule has 0 radical (unpaired) electrons. The third kappa shape index (κ3) is 1.33. The third-order valence-electron chi connectivity index (χ3n) is 7.66. The average Bonchev–Trinajstić information content (AvgIpc) is 2.94. The van der Waals surface area contributed by atoms with Gasteiger partial charge in [-0.3, -0.25) is 0 Å². The zero-order chi connectivity index (χ0) is 14.3. The lowest BCUT2D eigenvalue weighted by Crippen LogP contribution is -2.52. The molecule has 0 amide bonds. The zero-order valence-corrected chi connectivity index (χ0v) is 13.4. The maximum atomic E-state index is 6.22. The van der Waals surface area contributed by atoms with Crippen LogP contribution in [0.1, 0.15) is 53.4 Å². The fourth-order valence-electron chi connectivity index (χ4n) is 6.63. The molecule has 0 aromatic rings. The second-order valence-electron chi connectivity index (χ2n) is 8.50. The Morgan fingerprint density at radius 2 is 1.80 bits per heavy atom. The van der Waals surface area contributed by atoms with Crippen molar-refractivity contribution in [1.29, 1.82) is 0 Å². The number of hydrogen-bond donors (Lipinski definition) is 0. The summed E-state index contributed by atoms with van der Waals surface area (Å²) in [7, 11) is 1.67. The molecule has 1 saturated heterocycles. The van der Waals surface area contributed by atoms with Crippen molar-refractivity contribution in [3.8, 4) is 0 Å². The molecular weight excluding hydrogens is 252 g/mol. The summed E-state index contributed by atoms with van der Waals surface area (Å²) < 4.78 is 17.7. The molecule has 3 saturated carbocycles. The minimum Gasteiger partial charge on any atom is -0.333 e. The van der Waals surface area contributed by atoms with Gasteiger partial charge in [0.2, 0.25) is 0 Å². The van der Waals surface area contributed by atoms with Crippen LogP contribution in [0, 0.1) is 28.6 Å². The minimum atomic E-state index is -0.466. The van der Waals surface area contributed by atoms with Gasteiger partial charge in [-0.1, -0.05) is 20.8 Å². The number of hydrogen-bond acceptors (Lipinski definition) is 3. The summed E-state index contributed by atoms with van der Waals surface area (Å²) in [5.74, 6) is 2.25. The van der Waals surface area contributed by atoms with E-state index in [9.17, 15) is 0 Å². The van der Waals surface area contributed by atoms with Crippen molar-refractivity contribution in [2.75, 3.05) is 7.11 Å². The third-order valence-corrected chi connectivity index (χ3v) is 7.66. The molecule has 1 aliphatic heterocycles. The highest BCUT2D eigenvalue weighted by Crippen LogP contribution is 2.74. The first-order valence-corrected chi connectivity index (χ1v) is 8.20. The quantitative estimate of drug-likeness (QED) is 0.735. The number of rotatable bonds is 1. The Balaban J connectivity index is 1.78. The molecule has 4 aliphatic rings. The van der Waals surface area contributed by atoms with E-state index in [-0.39, 0.29) is 11.7 Å². The predicted octanol–water partition coefficient (Wildman–Crippen LogP) is 3.57. The van der Waals surface area contributed by atoms with E-state index in [0.717, 1.165) is 18.3 Å². The van der Waals surface area contributed by atoms with Crippen molar-refractivity contribution in [1.82, 2.24) is 0 Å². The Labute approximate surface area is 122 Å². The first-order valence-electron chi connectivity index (χ1n) is 8.20. The van der Waals surface area contributed by atoms with Crippen LogP contribution in [0.5, 0.6) is 0 Å². The van der Waals surface area contributed by atoms with Crippen LogP contribution in [0.4, 0.5) is 0 Å². The highest BCUT2D eigenvalue weighted by Gasteiger charge is 2.73. The molecule has 20 heavy (non-hydrogen) atoms. The first kappa shape index (κ1) is 13.5. The smallest absolute Gasteiger partial charge is 0.272 e. The highest BCUT2D eigenvalue weighted by molar-refractivity contribution is 5.20. The number of fused-ring (bicyclic) bond motifs is 3. The molecule has 0 aromatic heterocycles. The van der Waals surface area contributed by atoms with Crippen molar-refractivity contribution >= 4 is 0 Å². The van der Waals surface area contributed by atoms with Gasteiger partial charge in [-0.25, -0.2) is 0 Å². The van der Waals surface area contributed by atoms with E-state index in [1.54, 1.807) is 7.11 Å². The largest absolute Gasteiger partial charge is 0.333 e. The molecule has 1 heterocycles. The summed E-state index contributed by atoms with van der Waals surface area (Å²) in [5, 5.41) is 0. The monoisotopic (exact) mass is 280 g/mol. The summed E-state index contributed by atoms with van der Waals surface area (Å²) in [6.45, 7) is 9.21. The summed E-state index contributed by atoms with van der Waals surface area (Å²) in [4.78, 5) is 0. The van der Waals surface area contributed by atoms with Crippen LogP contribution in [0.15, 0.2) is 0 Å². The molecule has 4 rings (SSSR count). The molecule has 3 aliphatic carbocycles. The zero-order valence-electron chi connectivity index (χ0n) is 13.4. The molecule has 0 aromatic carbocycles. The van der Waals surface area contributed by atoms with Gasteiger partial charge < -0.3 is 14.2 Å². The van der Waals surface area contributed by atoms with Gasteiger partial charge in [-0.15, -0.1) is 0 Å². The number of methoxy groups -OCH3 is 1. The molecule has 2 bridgehead atoms. The molecule has 7 atom stereocenters. The average molecular weight is 280 g/mol. The fraction of sp³-hybridized carbons (Fsp3) is 1.00. The second kappa shape index (κ2) is 3.80. The first-order chi connectivity index (χ1) is 9.34. The van der Waals surface area contributed by atoms with E-state index < -0.39 is 6.48 Å². The highest BCUT2D eigenvalue weighted by atomic mass is 16.9. The lowest BCUT2D eigenvalue weighted by molar-refractivity contribution is -0.245. The molecule has 3 nitrogen and oxygen atoms in total. The maximum Gasteiger partial charge on any atom is 0.272 e. The van der Waals surface area contributed by atoms with Crippen molar-refractivity contribution in [3.05, 3.63) is 0 Å². The van der Waals surface area contributed by atoms with Crippen molar-refractivity contribution in [2.45, 2.75) is 71.6 Å². The summed E-state index contributed by atoms with van der Waals surface area (Å²) in [5.41, 5.74) is 0.671. The van der Waals surface area contributed by atoms with Gasteiger partial charge in [0, 0.05) is 7.11 Å². The molecule has 3 heteroatoms. The maximum absolute atomic E-state index is 6.22. The van der Waals surface area contributed by atoms with Gasteiger partial charge in [0.25, 0.3) is 6.48 Å².